The molecule has 102 valence electrons. The third kappa shape index (κ3) is 2.38. The Morgan fingerprint density at radius 2 is 1.94 bits per heavy atom. The Morgan fingerprint density at radius 3 is 2.56 bits per heavy atom. The minimum Gasteiger partial charge on any atom is -0.348 e. The largest absolute Gasteiger partial charge is 0.348 e. The summed E-state index contributed by atoms with van der Waals surface area (Å²) in [6, 6.07) is 0.244. The van der Waals surface area contributed by atoms with Gasteiger partial charge >= 0.3 is 11.8 Å². The minimum atomic E-state index is -0.452. The number of nitrogens with one attached hydrogen (secondary N) is 1. The SMILES string of the molecule is CCNC(=O)C(=O)N1CC2(C)CC1CC(C)(C)C2. The molecule has 0 radical (unpaired) electrons. The first-order valence-corrected chi connectivity index (χ1v) is 6.85. The van der Waals surface area contributed by atoms with Gasteiger partial charge in [-0.3, -0.25) is 9.59 Å². The Bertz CT molecular complexity index is 378. The van der Waals surface area contributed by atoms with Crippen molar-refractivity contribution in [3.05, 3.63) is 0 Å². The van der Waals surface area contributed by atoms with Crippen LogP contribution in [0.5, 0.6) is 0 Å². The van der Waals surface area contributed by atoms with Crippen molar-refractivity contribution in [2.45, 2.75) is 53.0 Å². The molecule has 2 rings (SSSR count). The van der Waals surface area contributed by atoms with Gasteiger partial charge in [0, 0.05) is 19.1 Å². The first-order valence-electron chi connectivity index (χ1n) is 6.85. The zero-order valence-corrected chi connectivity index (χ0v) is 11.9. The molecule has 2 unspecified atom stereocenters. The first kappa shape index (κ1) is 13.4. The fourth-order valence-corrected chi connectivity index (χ4v) is 4.06. The molecule has 0 aromatic carbocycles. The predicted molar refractivity (Wildman–Crippen MR) is 69.9 cm³/mol. The highest BCUT2D eigenvalue weighted by molar-refractivity contribution is 6.35. The van der Waals surface area contributed by atoms with Gasteiger partial charge in [0.05, 0.1) is 0 Å². The molecule has 1 heterocycles. The Morgan fingerprint density at radius 1 is 1.28 bits per heavy atom. The molecule has 2 bridgehead atoms. The van der Waals surface area contributed by atoms with E-state index in [2.05, 4.69) is 26.1 Å². The fraction of sp³-hybridized carbons (Fsp3) is 0.857. The van der Waals surface area contributed by atoms with Crippen LogP contribution in [0.4, 0.5) is 0 Å². The van der Waals surface area contributed by atoms with Gasteiger partial charge in [-0.25, -0.2) is 0 Å². The van der Waals surface area contributed by atoms with Crippen molar-refractivity contribution in [3.8, 4) is 0 Å². The second-order valence-corrected chi connectivity index (χ2v) is 7.01. The molecular formula is C14H24N2O2. The number of hydrogen-bond donors (Lipinski definition) is 1. The summed E-state index contributed by atoms with van der Waals surface area (Å²) < 4.78 is 0. The van der Waals surface area contributed by atoms with Crippen LogP contribution in [-0.2, 0) is 9.59 Å². The highest BCUT2D eigenvalue weighted by Gasteiger charge is 2.51. The van der Waals surface area contributed by atoms with Crippen molar-refractivity contribution in [2.24, 2.45) is 10.8 Å². The van der Waals surface area contributed by atoms with Crippen molar-refractivity contribution in [1.29, 1.82) is 0 Å². The molecule has 1 saturated heterocycles. The van der Waals surface area contributed by atoms with E-state index in [0.717, 1.165) is 25.8 Å². The van der Waals surface area contributed by atoms with Gasteiger partial charge in [0.2, 0.25) is 0 Å². The lowest BCUT2D eigenvalue weighted by atomic mass is 9.65. The van der Waals surface area contributed by atoms with E-state index in [-0.39, 0.29) is 22.8 Å². The second kappa shape index (κ2) is 4.25. The number of carbonyl (C=O) groups excluding carboxylic acids is 2. The number of rotatable bonds is 1. The van der Waals surface area contributed by atoms with Gasteiger partial charge in [0.1, 0.15) is 0 Å². The smallest absolute Gasteiger partial charge is 0.312 e. The lowest BCUT2D eigenvalue weighted by Gasteiger charge is -2.39. The van der Waals surface area contributed by atoms with E-state index in [1.54, 1.807) is 4.90 Å². The molecule has 1 N–H and O–H groups in total. The van der Waals surface area contributed by atoms with Crippen LogP contribution < -0.4 is 5.32 Å². The van der Waals surface area contributed by atoms with Gasteiger partial charge in [0.15, 0.2) is 0 Å². The minimum absolute atomic E-state index is 0.189. The molecule has 1 aliphatic carbocycles. The van der Waals surface area contributed by atoms with Crippen molar-refractivity contribution >= 4 is 11.8 Å². The van der Waals surface area contributed by atoms with E-state index in [1.165, 1.54) is 0 Å². The number of hydrogen-bond acceptors (Lipinski definition) is 2. The highest BCUT2D eigenvalue weighted by Crippen LogP contribution is 2.52. The van der Waals surface area contributed by atoms with Gasteiger partial charge in [0.25, 0.3) is 0 Å². The third-order valence-corrected chi connectivity index (χ3v) is 4.21. The lowest BCUT2D eigenvalue weighted by molar-refractivity contribution is -0.146. The van der Waals surface area contributed by atoms with Gasteiger partial charge in [-0.1, -0.05) is 20.8 Å². The Kier molecular flexibility index (Phi) is 3.16. The highest BCUT2D eigenvalue weighted by atomic mass is 16.2. The molecule has 0 aromatic rings. The third-order valence-electron chi connectivity index (χ3n) is 4.21. The van der Waals surface area contributed by atoms with Crippen LogP contribution >= 0.6 is 0 Å². The summed E-state index contributed by atoms with van der Waals surface area (Å²) in [6.45, 7) is 9.84. The summed E-state index contributed by atoms with van der Waals surface area (Å²) >= 11 is 0. The molecular weight excluding hydrogens is 228 g/mol. The quantitative estimate of drug-likeness (QED) is 0.720. The number of carbonyl (C=O) groups is 2. The summed E-state index contributed by atoms with van der Waals surface area (Å²) in [5.41, 5.74) is 0.461. The molecule has 1 saturated carbocycles. The maximum Gasteiger partial charge on any atom is 0.312 e. The predicted octanol–water partition coefficient (Wildman–Crippen LogP) is 1.55. The van der Waals surface area contributed by atoms with Gasteiger partial charge in [-0.15, -0.1) is 0 Å². The first-order chi connectivity index (χ1) is 8.26. The monoisotopic (exact) mass is 252 g/mol. The van der Waals surface area contributed by atoms with Crippen molar-refractivity contribution in [2.75, 3.05) is 13.1 Å². The molecule has 4 nitrogen and oxygen atoms in total. The van der Waals surface area contributed by atoms with Gasteiger partial charge in [-0.05, 0) is 37.0 Å². The van der Waals surface area contributed by atoms with Crippen molar-refractivity contribution < 1.29 is 9.59 Å². The fourth-order valence-electron chi connectivity index (χ4n) is 4.06. The lowest BCUT2D eigenvalue weighted by Crippen LogP contribution is -2.45. The number of nitrogens with zero attached hydrogens (tertiary/aromatic N) is 1. The molecule has 0 spiro atoms. The molecule has 4 heteroatoms. The molecule has 2 atom stereocenters. The molecule has 1 aliphatic heterocycles. The van der Waals surface area contributed by atoms with Crippen LogP contribution in [0.3, 0.4) is 0 Å². The number of likely N-dealkylation sites (tertiary alicyclic amines) is 1. The summed E-state index contributed by atoms with van der Waals surface area (Å²) in [7, 11) is 0. The van der Waals surface area contributed by atoms with Crippen LogP contribution in [0.15, 0.2) is 0 Å². The van der Waals surface area contributed by atoms with E-state index >= 15 is 0 Å². The number of fused-ring (bicyclic) bond motifs is 2. The van der Waals surface area contributed by atoms with Gasteiger partial charge < -0.3 is 10.2 Å². The van der Waals surface area contributed by atoms with E-state index < -0.39 is 5.91 Å². The van der Waals surface area contributed by atoms with Crippen LogP contribution in [0.2, 0.25) is 0 Å². The van der Waals surface area contributed by atoms with E-state index in [9.17, 15) is 9.59 Å². The summed E-state index contributed by atoms with van der Waals surface area (Å²) in [5.74, 6) is -0.797. The van der Waals surface area contributed by atoms with Gasteiger partial charge in [-0.2, -0.15) is 0 Å². The number of amides is 2. The number of likely N-dealkylation sites (N-methyl/N-ethyl adjacent to an activating group) is 1. The maximum atomic E-state index is 12.1. The second-order valence-electron chi connectivity index (χ2n) is 7.01. The molecule has 2 fully saturated rings. The van der Waals surface area contributed by atoms with Crippen molar-refractivity contribution in [1.82, 2.24) is 10.2 Å². The Balaban J connectivity index is 2.13. The average molecular weight is 252 g/mol. The summed E-state index contributed by atoms with van der Waals surface area (Å²) in [5, 5.41) is 2.61. The van der Waals surface area contributed by atoms with Crippen molar-refractivity contribution in [3.63, 3.8) is 0 Å². The topological polar surface area (TPSA) is 49.4 Å². The van der Waals surface area contributed by atoms with E-state index in [1.807, 2.05) is 6.92 Å². The molecule has 2 aliphatic rings. The van der Waals surface area contributed by atoms with Crippen LogP contribution in [0.25, 0.3) is 0 Å². The van der Waals surface area contributed by atoms with E-state index in [0.29, 0.717) is 6.54 Å². The molecule has 0 aromatic heterocycles. The summed E-state index contributed by atoms with van der Waals surface area (Å²) in [6.07, 6.45) is 3.19. The normalized spacial score (nSPS) is 33.3. The van der Waals surface area contributed by atoms with E-state index in [4.69, 9.17) is 0 Å². The van der Waals surface area contributed by atoms with Crippen LogP contribution in [0.1, 0.15) is 47.0 Å². The zero-order chi connectivity index (χ0) is 13.6. The average Bonchev–Trinajstić information content (AvgIpc) is 2.47. The summed E-state index contributed by atoms with van der Waals surface area (Å²) in [4.78, 5) is 25.6. The van der Waals surface area contributed by atoms with Crippen LogP contribution in [0, 0.1) is 10.8 Å². The molecule has 18 heavy (non-hydrogen) atoms. The van der Waals surface area contributed by atoms with Crippen LogP contribution in [-0.4, -0.2) is 35.8 Å². The molecule has 2 amide bonds. The zero-order valence-electron chi connectivity index (χ0n) is 11.9. The standard InChI is InChI=1S/C14H24N2O2/c1-5-15-11(17)12(18)16-9-14(4)7-10(16)6-13(2,3)8-14/h10H,5-9H2,1-4H3,(H,15,17). The maximum absolute atomic E-state index is 12.1. The Hall–Kier alpha value is -1.06. The Labute approximate surface area is 109 Å².